The molecule has 0 saturated heterocycles. The van der Waals surface area contributed by atoms with Gasteiger partial charge in [-0.15, -0.1) is 0 Å². The second-order valence-electron chi connectivity index (χ2n) is 4.95. The average molecular weight is 238 g/mol. The highest BCUT2D eigenvalue weighted by molar-refractivity contribution is 6.09. The number of benzene rings is 2. The van der Waals surface area contributed by atoms with Gasteiger partial charge in [0.15, 0.2) is 5.78 Å². The van der Waals surface area contributed by atoms with Crippen molar-refractivity contribution in [1.82, 2.24) is 0 Å². The molecule has 0 aliphatic heterocycles. The summed E-state index contributed by atoms with van der Waals surface area (Å²) in [6.07, 6.45) is 0.939. The maximum Gasteiger partial charge on any atom is 0.193 e. The maximum atomic E-state index is 12.4. The lowest BCUT2D eigenvalue weighted by atomic mass is 9.93. The smallest absolute Gasteiger partial charge is 0.193 e. The Labute approximate surface area is 108 Å². The Balaban J connectivity index is 2.36. The third kappa shape index (κ3) is 2.86. The number of rotatable bonds is 4. The van der Waals surface area contributed by atoms with Gasteiger partial charge in [0.2, 0.25) is 0 Å². The van der Waals surface area contributed by atoms with Gasteiger partial charge in [-0.25, -0.2) is 0 Å². The lowest BCUT2D eigenvalue weighted by Gasteiger charge is -2.10. The summed E-state index contributed by atoms with van der Waals surface area (Å²) in [6, 6.07) is 17.4. The Morgan fingerprint density at radius 2 is 1.56 bits per heavy atom. The Morgan fingerprint density at radius 3 is 2.22 bits per heavy atom. The maximum absolute atomic E-state index is 12.4. The molecule has 0 bridgehead atoms. The van der Waals surface area contributed by atoms with Crippen molar-refractivity contribution < 1.29 is 4.79 Å². The van der Waals surface area contributed by atoms with E-state index in [1.165, 1.54) is 0 Å². The van der Waals surface area contributed by atoms with Crippen LogP contribution in [0.3, 0.4) is 0 Å². The predicted molar refractivity (Wildman–Crippen MR) is 74.9 cm³/mol. The summed E-state index contributed by atoms with van der Waals surface area (Å²) >= 11 is 0. The highest BCUT2D eigenvalue weighted by atomic mass is 16.1. The van der Waals surface area contributed by atoms with Crippen LogP contribution in [0.4, 0.5) is 0 Å². The second-order valence-corrected chi connectivity index (χ2v) is 4.95. The summed E-state index contributed by atoms with van der Waals surface area (Å²) in [5.74, 6) is 0.668. The molecule has 2 aromatic rings. The van der Waals surface area contributed by atoms with E-state index in [2.05, 4.69) is 19.9 Å². The molecule has 0 atom stereocenters. The summed E-state index contributed by atoms with van der Waals surface area (Å²) in [5, 5.41) is 0. The molecule has 0 fully saturated rings. The van der Waals surface area contributed by atoms with Gasteiger partial charge in [-0.2, -0.15) is 0 Å². The van der Waals surface area contributed by atoms with E-state index in [1.54, 1.807) is 0 Å². The van der Waals surface area contributed by atoms with Crippen LogP contribution in [-0.4, -0.2) is 5.78 Å². The molecule has 0 unspecified atom stereocenters. The Bertz CT molecular complexity index is 526. The number of hydrogen-bond acceptors (Lipinski definition) is 1. The van der Waals surface area contributed by atoms with Crippen molar-refractivity contribution in [3.8, 4) is 0 Å². The Morgan fingerprint density at radius 1 is 0.944 bits per heavy atom. The molecule has 0 heterocycles. The van der Waals surface area contributed by atoms with Crippen molar-refractivity contribution in [3.05, 3.63) is 71.3 Å². The van der Waals surface area contributed by atoms with Crippen molar-refractivity contribution in [2.45, 2.75) is 20.3 Å². The topological polar surface area (TPSA) is 17.1 Å². The molecule has 0 N–H and O–H groups in total. The summed E-state index contributed by atoms with van der Waals surface area (Å²) in [4.78, 5) is 12.4. The average Bonchev–Trinajstić information content (AvgIpc) is 2.39. The van der Waals surface area contributed by atoms with Crippen molar-refractivity contribution in [3.63, 3.8) is 0 Å². The molecule has 0 radical (unpaired) electrons. The third-order valence-corrected chi connectivity index (χ3v) is 2.93. The van der Waals surface area contributed by atoms with Crippen LogP contribution in [0.2, 0.25) is 0 Å². The van der Waals surface area contributed by atoms with Crippen LogP contribution in [-0.2, 0) is 6.42 Å². The Hall–Kier alpha value is -1.89. The van der Waals surface area contributed by atoms with Gasteiger partial charge in [0.05, 0.1) is 0 Å². The molecule has 2 rings (SSSR count). The van der Waals surface area contributed by atoms with Gasteiger partial charge in [0.25, 0.3) is 0 Å². The fourth-order valence-electron chi connectivity index (χ4n) is 2.10. The summed E-state index contributed by atoms with van der Waals surface area (Å²) < 4.78 is 0. The summed E-state index contributed by atoms with van der Waals surface area (Å²) in [5.41, 5.74) is 2.73. The van der Waals surface area contributed by atoms with Crippen LogP contribution >= 0.6 is 0 Å². The van der Waals surface area contributed by atoms with E-state index < -0.39 is 0 Å². The number of carbonyl (C=O) groups is 1. The van der Waals surface area contributed by atoms with E-state index in [0.29, 0.717) is 5.92 Å². The molecular formula is C17H18O. The zero-order chi connectivity index (χ0) is 13.0. The molecule has 92 valence electrons. The standard InChI is InChI=1S/C17H18O/c1-13(2)12-15-10-6-7-11-16(15)17(18)14-8-4-3-5-9-14/h3-11,13H,12H2,1-2H3. The van der Waals surface area contributed by atoms with Gasteiger partial charge in [-0.1, -0.05) is 68.4 Å². The van der Waals surface area contributed by atoms with Gasteiger partial charge in [0.1, 0.15) is 0 Å². The first-order valence-corrected chi connectivity index (χ1v) is 6.36. The number of carbonyl (C=O) groups excluding carboxylic acids is 1. The summed E-state index contributed by atoms with van der Waals surface area (Å²) in [7, 11) is 0. The minimum atomic E-state index is 0.117. The molecule has 0 aliphatic rings. The minimum Gasteiger partial charge on any atom is -0.289 e. The zero-order valence-corrected chi connectivity index (χ0v) is 10.9. The monoisotopic (exact) mass is 238 g/mol. The largest absolute Gasteiger partial charge is 0.289 e. The SMILES string of the molecule is CC(C)Cc1ccccc1C(=O)c1ccccc1. The van der Waals surface area contributed by atoms with Crippen molar-refractivity contribution in [2.24, 2.45) is 5.92 Å². The zero-order valence-electron chi connectivity index (χ0n) is 10.9. The summed E-state index contributed by atoms with van der Waals surface area (Å²) in [6.45, 7) is 4.34. The van der Waals surface area contributed by atoms with Crippen molar-refractivity contribution in [1.29, 1.82) is 0 Å². The van der Waals surface area contributed by atoms with Gasteiger partial charge >= 0.3 is 0 Å². The highest BCUT2D eigenvalue weighted by Gasteiger charge is 2.13. The number of hydrogen-bond donors (Lipinski definition) is 0. The Kier molecular flexibility index (Phi) is 3.93. The lowest BCUT2D eigenvalue weighted by molar-refractivity contribution is 0.103. The molecule has 2 aromatic carbocycles. The second kappa shape index (κ2) is 5.63. The molecular weight excluding hydrogens is 220 g/mol. The molecule has 0 saturated carbocycles. The predicted octanol–water partition coefficient (Wildman–Crippen LogP) is 4.12. The van der Waals surface area contributed by atoms with E-state index in [4.69, 9.17) is 0 Å². The van der Waals surface area contributed by atoms with E-state index in [0.717, 1.165) is 23.1 Å². The van der Waals surface area contributed by atoms with Gasteiger partial charge in [-0.05, 0) is 17.9 Å². The van der Waals surface area contributed by atoms with Gasteiger partial charge in [-0.3, -0.25) is 4.79 Å². The van der Waals surface area contributed by atoms with E-state index in [1.807, 2.05) is 48.5 Å². The minimum absolute atomic E-state index is 0.117. The van der Waals surface area contributed by atoms with Crippen molar-refractivity contribution in [2.75, 3.05) is 0 Å². The number of ketones is 1. The van der Waals surface area contributed by atoms with E-state index in [-0.39, 0.29) is 5.78 Å². The molecule has 1 heteroatoms. The quantitative estimate of drug-likeness (QED) is 0.732. The van der Waals surface area contributed by atoms with Crippen LogP contribution in [0.15, 0.2) is 54.6 Å². The highest BCUT2D eigenvalue weighted by Crippen LogP contribution is 2.17. The van der Waals surface area contributed by atoms with Gasteiger partial charge < -0.3 is 0 Å². The fraction of sp³-hybridized carbons (Fsp3) is 0.235. The van der Waals surface area contributed by atoms with Crippen LogP contribution in [0.1, 0.15) is 35.3 Å². The van der Waals surface area contributed by atoms with E-state index >= 15 is 0 Å². The third-order valence-electron chi connectivity index (χ3n) is 2.93. The molecule has 0 amide bonds. The van der Waals surface area contributed by atoms with Crippen LogP contribution in [0.5, 0.6) is 0 Å². The van der Waals surface area contributed by atoms with Gasteiger partial charge in [0, 0.05) is 11.1 Å². The first kappa shape index (κ1) is 12.6. The van der Waals surface area contributed by atoms with Crippen LogP contribution in [0, 0.1) is 5.92 Å². The first-order valence-electron chi connectivity index (χ1n) is 6.36. The molecule has 18 heavy (non-hydrogen) atoms. The lowest BCUT2D eigenvalue weighted by Crippen LogP contribution is -2.07. The van der Waals surface area contributed by atoms with Crippen LogP contribution < -0.4 is 0 Å². The van der Waals surface area contributed by atoms with Crippen molar-refractivity contribution >= 4 is 5.78 Å². The molecule has 1 nitrogen and oxygen atoms in total. The van der Waals surface area contributed by atoms with E-state index in [9.17, 15) is 4.79 Å². The molecule has 0 aromatic heterocycles. The van der Waals surface area contributed by atoms with Crippen LogP contribution in [0.25, 0.3) is 0 Å². The molecule has 0 aliphatic carbocycles. The molecule has 0 spiro atoms. The fourth-order valence-corrected chi connectivity index (χ4v) is 2.10. The normalized spacial score (nSPS) is 10.6. The first-order chi connectivity index (χ1) is 8.68.